The third-order valence-electron chi connectivity index (χ3n) is 7.13. The molecule has 1 saturated carbocycles. The molecular weight excluding hydrogens is 470 g/mol. The number of hydrogen-bond acceptors (Lipinski definition) is 6. The monoisotopic (exact) mass is 499 g/mol. The van der Waals surface area contributed by atoms with Crippen molar-refractivity contribution in [1.29, 1.82) is 0 Å². The Morgan fingerprint density at radius 1 is 0.973 bits per heavy atom. The average molecular weight is 500 g/mol. The first-order valence-electron chi connectivity index (χ1n) is 12.5. The topological polar surface area (TPSA) is 121 Å². The molecule has 37 heavy (non-hydrogen) atoms. The lowest BCUT2D eigenvalue weighted by molar-refractivity contribution is -0.149. The average Bonchev–Trinajstić information content (AvgIpc) is 3.62. The molecule has 0 saturated heterocycles. The van der Waals surface area contributed by atoms with Crippen LogP contribution < -0.4 is 0 Å². The Morgan fingerprint density at radius 3 is 2.32 bits per heavy atom. The van der Waals surface area contributed by atoms with E-state index in [2.05, 4.69) is 38.8 Å². The molecule has 9 heteroatoms. The lowest BCUT2D eigenvalue weighted by Gasteiger charge is -2.31. The Hall–Kier alpha value is -4.27. The summed E-state index contributed by atoms with van der Waals surface area (Å²) in [6, 6.07) is 20.3. The molecule has 0 aliphatic heterocycles. The van der Waals surface area contributed by atoms with Crippen LogP contribution in [0.15, 0.2) is 60.7 Å². The number of carboxylic acid groups (broad SMARTS) is 1. The minimum absolute atomic E-state index is 0.151. The summed E-state index contributed by atoms with van der Waals surface area (Å²) in [5.74, 6) is -0.285. The predicted molar refractivity (Wildman–Crippen MR) is 139 cm³/mol. The molecular formula is C28H29N5O4. The fourth-order valence-electron chi connectivity index (χ4n) is 5.15. The van der Waals surface area contributed by atoms with Crippen LogP contribution in [0.2, 0.25) is 0 Å². The molecule has 5 rings (SSSR count). The van der Waals surface area contributed by atoms with Gasteiger partial charge in [0.1, 0.15) is 0 Å². The molecule has 1 fully saturated rings. The summed E-state index contributed by atoms with van der Waals surface area (Å²) >= 11 is 0. The lowest BCUT2D eigenvalue weighted by Crippen LogP contribution is -2.44. The van der Waals surface area contributed by atoms with Crippen molar-refractivity contribution >= 4 is 22.8 Å². The van der Waals surface area contributed by atoms with Crippen LogP contribution in [0.4, 0.5) is 4.79 Å². The van der Waals surface area contributed by atoms with Gasteiger partial charge in [-0.2, -0.15) is 5.21 Å². The first kappa shape index (κ1) is 24.4. The number of aromatic nitrogens is 4. The molecule has 9 nitrogen and oxygen atoms in total. The van der Waals surface area contributed by atoms with Gasteiger partial charge in [0.05, 0.1) is 12.0 Å². The second kappa shape index (κ2) is 10.4. The molecule has 4 aromatic rings. The van der Waals surface area contributed by atoms with Crippen LogP contribution in [0.1, 0.15) is 38.2 Å². The van der Waals surface area contributed by atoms with Crippen molar-refractivity contribution < 1.29 is 19.4 Å². The van der Waals surface area contributed by atoms with E-state index in [1.165, 1.54) is 0 Å². The standard InChI is InChI=1S/C28H29N5O4/c1-2-37-27(36)33(18-28(26(34)35)13-3-4-14-28)17-19-5-6-24-16-23(12-11-22(24)15-19)20-7-9-21(10-8-20)25-29-31-32-30-25/h5-12,15-16H,2-4,13-14,17-18H2,1H3,(H,34,35)(H,29,30,31,32). The maximum absolute atomic E-state index is 12.8. The Bertz CT molecular complexity index is 1400. The second-order valence-corrected chi connectivity index (χ2v) is 9.56. The highest BCUT2D eigenvalue weighted by molar-refractivity contribution is 5.88. The molecule has 1 heterocycles. The number of carbonyl (C=O) groups is 2. The van der Waals surface area contributed by atoms with E-state index in [1.54, 1.807) is 11.8 Å². The van der Waals surface area contributed by atoms with Crippen LogP contribution in [-0.2, 0) is 16.1 Å². The number of H-pyrrole nitrogens is 1. The molecule has 0 unspecified atom stereocenters. The Kier molecular flexibility index (Phi) is 6.85. The second-order valence-electron chi connectivity index (χ2n) is 9.56. The van der Waals surface area contributed by atoms with Crippen molar-refractivity contribution in [3.63, 3.8) is 0 Å². The number of fused-ring (bicyclic) bond motifs is 1. The fraction of sp³-hybridized carbons (Fsp3) is 0.321. The van der Waals surface area contributed by atoms with Crippen molar-refractivity contribution in [2.24, 2.45) is 5.41 Å². The summed E-state index contributed by atoms with van der Waals surface area (Å²) < 4.78 is 5.28. The van der Waals surface area contributed by atoms with Crippen LogP contribution in [0, 0.1) is 5.41 Å². The molecule has 1 aromatic heterocycles. The normalized spacial score (nSPS) is 14.5. The van der Waals surface area contributed by atoms with E-state index in [0.717, 1.165) is 45.9 Å². The van der Waals surface area contributed by atoms with Crippen molar-refractivity contribution in [3.8, 4) is 22.5 Å². The fourth-order valence-corrected chi connectivity index (χ4v) is 5.15. The summed E-state index contributed by atoms with van der Waals surface area (Å²) in [6.07, 6.45) is 2.40. The lowest BCUT2D eigenvalue weighted by atomic mass is 9.85. The van der Waals surface area contributed by atoms with Gasteiger partial charge in [-0.15, -0.1) is 10.2 Å². The number of aromatic amines is 1. The minimum Gasteiger partial charge on any atom is -0.481 e. The summed E-state index contributed by atoms with van der Waals surface area (Å²) in [5.41, 5.74) is 3.06. The van der Waals surface area contributed by atoms with Gasteiger partial charge < -0.3 is 14.7 Å². The maximum Gasteiger partial charge on any atom is 0.410 e. The van der Waals surface area contributed by atoms with E-state index < -0.39 is 17.5 Å². The van der Waals surface area contributed by atoms with E-state index >= 15 is 0 Å². The van der Waals surface area contributed by atoms with Crippen LogP contribution in [0.3, 0.4) is 0 Å². The van der Waals surface area contributed by atoms with E-state index in [1.807, 2.05) is 42.5 Å². The van der Waals surface area contributed by atoms with Gasteiger partial charge in [0, 0.05) is 18.7 Å². The maximum atomic E-state index is 12.8. The molecule has 190 valence electrons. The predicted octanol–water partition coefficient (Wildman–Crippen LogP) is 5.29. The van der Waals surface area contributed by atoms with Gasteiger partial charge >= 0.3 is 12.1 Å². The molecule has 1 aliphatic rings. The first-order chi connectivity index (χ1) is 18.0. The van der Waals surface area contributed by atoms with E-state index in [-0.39, 0.29) is 13.2 Å². The molecule has 1 amide bonds. The molecule has 0 radical (unpaired) electrons. The number of nitrogens with one attached hydrogen (secondary N) is 1. The van der Waals surface area contributed by atoms with Gasteiger partial charge in [0.25, 0.3) is 0 Å². The van der Waals surface area contributed by atoms with Gasteiger partial charge in [-0.05, 0) is 64.6 Å². The summed E-state index contributed by atoms with van der Waals surface area (Å²) in [6.45, 7) is 2.44. The quantitative estimate of drug-likeness (QED) is 0.338. The van der Waals surface area contributed by atoms with Crippen molar-refractivity contribution in [2.45, 2.75) is 39.2 Å². The number of tetrazole rings is 1. The van der Waals surface area contributed by atoms with Crippen LogP contribution >= 0.6 is 0 Å². The Balaban J connectivity index is 1.37. The smallest absolute Gasteiger partial charge is 0.410 e. The highest BCUT2D eigenvalue weighted by Crippen LogP contribution is 2.39. The zero-order valence-corrected chi connectivity index (χ0v) is 20.7. The first-order valence-corrected chi connectivity index (χ1v) is 12.5. The zero-order chi connectivity index (χ0) is 25.8. The number of rotatable bonds is 8. The van der Waals surface area contributed by atoms with E-state index in [0.29, 0.717) is 25.2 Å². The summed E-state index contributed by atoms with van der Waals surface area (Å²) in [5, 5.41) is 26.1. The number of hydrogen-bond donors (Lipinski definition) is 2. The highest BCUT2D eigenvalue weighted by atomic mass is 16.6. The molecule has 0 atom stereocenters. The van der Waals surface area contributed by atoms with Crippen LogP contribution in [0.25, 0.3) is 33.3 Å². The van der Waals surface area contributed by atoms with Gasteiger partial charge in [-0.1, -0.05) is 61.4 Å². The van der Waals surface area contributed by atoms with E-state index in [9.17, 15) is 14.7 Å². The highest BCUT2D eigenvalue weighted by Gasteiger charge is 2.43. The zero-order valence-electron chi connectivity index (χ0n) is 20.7. The molecule has 1 aliphatic carbocycles. The third kappa shape index (κ3) is 5.16. The van der Waals surface area contributed by atoms with E-state index in [4.69, 9.17) is 4.74 Å². The Labute approximate surface area is 214 Å². The van der Waals surface area contributed by atoms with Crippen molar-refractivity contribution in [3.05, 3.63) is 66.2 Å². The number of nitrogens with zero attached hydrogens (tertiary/aromatic N) is 4. The van der Waals surface area contributed by atoms with Crippen molar-refractivity contribution in [1.82, 2.24) is 25.5 Å². The summed E-state index contributed by atoms with van der Waals surface area (Å²) in [7, 11) is 0. The van der Waals surface area contributed by atoms with Gasteiger partial charge in [-0.25, -0.2) is 4.79 Å². The number of aliphatic carboxylic acids is 1. The summed E-state index contributed by atoms with van der Waals surface area (Å²) in [4.78, 5) is 26.4. The van der Waals surface area contributed by atoms with Crippen molar-refractivity contribution in [2.75, 3.05) is 13.2 Å². The van der Waals surface area contributed by atoms with Crippen LogP contribution in [-0.4, -0.2) is 55.8 Å². The van der Waals surface area contributed by atoms with Gasteiger partial charge in [0.2, 0.25) is 5.82 Å². The van der Waals surface area contributed by atoms with Gasteiger partial charge in [-0.3, -0.25) is 4.79 Å². The number of carboxylic acids is 1. The SMILES string of the molecule is CCOC(=O)N(Cc1ccc2cc(-c3ccc(-c4nn[nH]n4)cc3)ccc2c1)CC1(C(=O)O)CCCC1. The number of carbonyl (C=O) groups excluding carboxylic acids is 1. The van der Waals surface area contributed by atoms with Gasteiger partial charge in [0.15, 0.2) is 0 Å². The number of amides is 1. The Morgan fingerprint density at radius 2 is 1.65 bits per heavy atom. The number of benzene rings is 3. The number of ether oxygens (including phenoxy) is 1. The third-order valence-corrected chi connectivity index (χ3v) is 7.13. The largest absolute Gasteiger partial charge is 0.481 e. The molecule has 0 bridgehead atoms. The minimum atomic E-state index is -0.905. The van der Waals surface area contributed by atoms with Crippen LogP contribution in [0.5, 0.6) is 0 Å². The molecule has 0 spiro atoms. The molecule has 3 aromatic carbocycles. The molecule has 2 N–H and O–H groups in total.